The van der Waals surface area contributed by atoms with Gasteiger partial charge in [0.05, 0.1) is 6.42 Å². The quantitative estimate of drug-likeness (QED) is 0.859. The zero-order valence-corrected chi connectivity index (χ0v) is 10.6. The fourth-order valence-electron chi connectivity index (χ4n) is 2.00. The van der Waals surface area contributed by atoms with E-state index in [-0.39, 0.29) is 5.91 Å². The van der Waals surface area contributed by atoms with Crippen LogP contribution in [0.25, 0.3) is 0 Å². The van der Waals surface area contributed by atoms with E-state index < -0.39 is 0 Å². The molecule has 0 saturated carbocycles. The lowest BCUT2D eigenvalue weighted by molar-refractivity contribution is -0.117. The van der Waals surface area contributed by atoms with E-state index in [0.717, 1.165) is 11.3 Å². The van der Waals surface area contributed by atoms with E-state index in [9.17, 15) is 4.79 Å². The fraction of sp³-hybridized carbons (Fsp3) is 0.462. The summed E-state index contributed by atoms with van der Waals surface area (Å²) in [5.74, 6) is 2.21. The van der Waals surface area contributed by atoms with Gasteiger partial charge in [-0.15, -0.1) is 0 Å². The number of hydrogen-bond acceptors (Lipinski definition) is 3. The number of anilines is 1. The predicted octanol–water partition coefficient (Wildman–Crippen LogP) is 2.02. The molecule has 0 unspecified atom stereocenters. The van der Waals surface area contributed by atoms with Gasteiger partial charge >= 0.3 is 0 Å². The summed E-state index contributed by atoms with van der Waals surface area (Å²) in [5.41, 5.74) is 7.26. The largest absolute Gasteiger partial charge is 0.382 e. The Morgan fingerprint density at radius 1 is 1.29 bits per heavy atom. The SMILES string of the molecule is NC(=O)Cc1ccc(NC2CCSCC2)cc1. The van der Waals surface area contributed by atoms with Crippen LogP contribution in [-0.2, 0) is 11.2 Å². The molecule has 0 bridgehead atoms. The fourth-order valence-corrected chi connectivity index (χ4v) is 3.10. The van der Waals surface area contributed by atoms with Crippen LogP contribution in [0.5, 0.6) is 0 Å². The first-order chi connectivity index (χ1) is 8.24. The molecular weight excluding hydrogens is 232 g/mol. The molecule has 2 rings (SSSR count). The number of benzene rings is 1. The third-order valence-electron chi connectivity index (χ3n) is 2.92. The minimum atomic E-state index is -0.282. The van der Waals surface area contributed by atoms with Gasteiger partial charge in [0.15, 0.2) is 0 Å². The lowest BCUT2D eigenvalue weighted by Gasteiger charge is -2.23. The van der Waals surface area contributed by atoms with Gasteiger partial charge < -0.3 is 11.1 Å². The molecule has 1 aliphatic heterocycles. The average molecular weight is 250 g/mol. The Labute approximate surface area is 106 Å². The van der Waals surface area contributed by atoms with Gasteiger partial charge in [0, 0.05) is 11.7 Å². The third kappa shape index (κ3) is 3.97. The molecule has 1 aliphatic rings. The number of amides is 1. The van der Waals surface area contributed by atoms with Gasteiger partial charge in [-0.05, 0) is 42.0 Å². The second-order valence-electron chi connectivity index (χ2n) is 4.37. The molecule has 1 saturated heterocycles. The van der Waals surface area contributed by atoms with E-state index >= 15 is 0 Å². The lowest BCUT2D eigenvalue weighted by atomic mass is 10.1. The molecule has 4 heteroatoms. The number of thioether (sulfide) groups is 1. The second kappa shape index (κ2) is 5.96. The number of rotatable bonds is 4. The molecule has 1 aromatic carbocycles. The Balaban J connectivity index is 1.90. The smallest absolute Gasteiger partial charge is 0.221 e. The Hall–Kier alpha value is -1.16. The molecule has 1 heterocycles. The van der Waals surface area contributed by atoms with Crippen molar-refractivity contribution in [1.82, 2.24) is 0 Å². The van der Waals surface area contributed by atoms with Crippen LogP contribution in [0.2, 0.25) is 0 Å². The van der Waals surface area contributed by atoms with Gasteiger partial charge in [0.2, 0.25) is 5.91 Å². The van der Waals surface area contributed by atoms with Crippen molar-refractivity contribution >= 4 is 23.4 Å². The van der Waals surface area contributed by atoms with Crippen LogP contribution in [0.15, 0.2) is 24.3 Å². The Kier molecular flexibility index (Phi) is 4.31. The van der Waals surface area contributed by atoms with E-state index in [0.29, 0.717) is 12.5 Å². The first kappa shape index (κ1) is 12.3. The highest BCUT2D eigenvalue weighted by atomic mass is 32.2. The molecule has 0 aromatic heterocycles. The first-order valence-electron chi connectivity index (χ1n) is 5.95. The van der Waals surface area contributed by atoms with Gasteiger partial charge in [0.25, 0.3) is 0 Å². The first-order valence-corrected chi connectivity index (χ1v) is 7.11. The van der Waals surface area contributed by atoms with E-state index in [1.54, 1.807) is 0 Å². The van der Waals surface area contributed by atoms with Crippen molar-refractivity contribution < 1.29 is 4.79 Å². The molecule has 92 valence electrons. The Morgan fingerprint density at radius 2 is 1.94 bits per heavy atom. The average Bonchev–Trinajstić information content (AvgIpc) is 2.32. The number of hydrogen-bond donors (Lipinski definition) is 2. The van der Waals surface area contributed by atoms with E-state index in [4.69, 9.17) is 5.73 Å². The van der Waals surface area contributed by atoms with Crippen LogP contribution < -0.4 is 11.1 Å². The van der Waals surface area contributed by atoms with E-state index in [1.165, 1.54) is 24.3 Å². The Morgan fingerprint density at radius 3 is 2.53 bits per heavy atom. The van der Waals surface area contributed by atoms with Crippen molar-refractivity contribution in [2.75, 3.05) is 16.8 Å². The zero-order chi connectivity index (χ0) is 12.1. The molecule has 0 atom stereocenters. The van der Waals surface area contributed by atoms with Gasteiger partial charge in [-0.1, -0.05) is 12.1 Å². The molecule has 1 aromatic rings. The van der Waals surface area contributed by atoms with Crippen molar-refractivity contribution in [3.63, 3.8) is 0 Å². The molecule has 3 N–H and O–H groups in total. The van der Waals surface area contributed by atoms with Gasteiger partial charge in [-0.3, -0.25) is 4.79 Å². The minimum absolute atomic E-state index is 0.282. The standard InChI is InChI=1S/C13H18N2OS/c14-13(16)9-10-1-3-11(4-2-10)15-12-5-7-17-8-6-12/h1-4,12,15H,5-9H2,(H2,14,16). The highest BCUT2D eigenvalue weighted by molar-refractivity contribution is 7.99. The minimum Gasteiger partial charge on any atom is -0.382 e. The molecule has 3 nitrogen and oxygen atoms in total. The number of nitrogens with two attached hydrogens (primary N) is 1. The van der Waals surface area contributed by atoms with Crippen LogP contribution in [0.4, 0.5) is 5.69 Å². The molecular formula is C13H18N2OS. The summed E-state index contributed by atoms with van der Waals surface area (Å²) in [4.78, 5) is 10.8. The lowest BCUT2D eigenvalue weighted by Crippen LogP contribution is -2.24. The van der Waals surface area contributed by atoms with E-state index in [2.05, 4.69) is 5.32 Å². The highest BCUT2D eigenvalue weighted by Crippen LogP contribution is 2.21. The maximum Gasteiger partial charge on any atom is 0.221 e. The highest BCUT2D eigenvalue weighted by Gasteiger charge is 2.12. The van der Waals surface area contributed by atoms with Crippen LogP contribution in [0.3, 0.4) is 0 Å². The maximum atomic E-state index is 10.8. The summed E-state index contributed by atoms with van der Waals surface area (Å²) < 4.78 is 0. The monoisotopic (exact) mass is 250 g/mol. The summed E-state index contributed by atoms with van der Waals surface area (Å²) in [7, 11) is 0. The van der Waals surface area contributed by atoms with Gasteiger partial charge in [-0.25, -0.2) is 0 Å². The van der Waals surface area contributed by atoms with Gasteiger partial charge in [0.1, 0.15) is 0 Å². The van der Waals surface area contributed by atoms with Crippen molar-refractivity contribution in [3.8, 4) is 0 Å². The topological polar surface area (TPSA) is 55.1 Å². The number of carbonyl (C=O) groups is 1. The number of nitrogens with one attached hydrogen (secondary N) is 1. The Bertz CT molecular complexity index is 372. The van der Waals surface area contributed by atoms with Crippen LogP contribution in [-0.4, -0.2) is 23.5 Å². The van der Waals surface area contributed by atoms with Gasteiger partial charge in [-0.2, -0.15) is 11.8 Å². The van der Waals surface area contributed by atoms with Crippen LogP contribution in [0, 0.1) is 0 Å². The summed E-state index contributed by atoms with van der Waals surface area (Å²) in [5, 5.41) is 3.53. The summed E-state index contributed by atoms with van der Waals surface area (Å²) in [6, 6.07) is 8.58. The van der Waals surface area contributed by atoms with Crippen molar-refractivity contribution in [2.45, 2.75) is 25.3 Å². The molecule has 1 fully saturated rings. The van der Waals surface area contributed by atoms with Crippen molar-refractivity contribution in [2.24, 2.45) is 5.73 Å². The summed E-state index contributed by atoms with van der Waals surface area (Å²) in [6.07, 6.45) is 2.78. The molecule has 0 spiro atoms. The molecule has 0 radical (unpaired) electrons. The molecule has 17 heavy (non-hydrogen) atoms. The third-order valence-corrected chi connectivity index (χ3v) is 3.97. The van der Waals surface area contributed by atoms with Crippen molar-refractivity contribution in [3.05, 3.63) is 29.8 Å². The zero-order valence-electron chi connectivity index (χ0n) is 9.82. The summed E-state index contributed by atoms with van der Waals surface area (Å²) in [6.45, 7) is 0. The second-order valence-corrected chi connectivity index (χ2v) is 5.60. The molecule has 0 aliphatic carbocycles. The summed E-state index contributed by atoms with van der Waals surface area (Å²) >= 11 is 2.03. The van der Waals surface area contributed by atoms with Crippen LogP contribution >= 0.6 is 11.8 Å². The van der Waals surface area contributed by atoms with Crippen molar-refractivity contribution in [1.29, 1.82) is 0 Å². The number of primary amides is 1. The normalized spacial score (nSPS) is 16.7. The molecule has 1 amide bonds. The van der Waals surface area contributed by atoms with Crippen LogP contribution in [0.1, 0.15) is 18.4 Å². The predicted molar refractivity (Wildman–Crippen MR) is 73.3 cm³/mol. The number of carbonyl (C=O) groups excluding carboxylic acids is 1. The maximum absolute atomic E-state index is 10.8. The van der Waals surface area contributed by atoms with E-state index in [1.807, 2.05) is 36.0 Å².